The lowest BCUT2D eigenvalue weighted by Gasteiger charge is -2.02. The molecule has 1 rings (SSSR count). The molecule has 0 aromatic carbocycles. The van der Waals surface area contributed by atoms with E-state index in [1.54, 1.807) is 4.68 Å². The van der Waals surface area contributed by atoms with Crippen LogP contribution < -0.4 is 11.1 Å². The van der Waals surface area contributed by atoms with Crippen molar-refractivity contribution in [2.24, 2.45) is 5.73 Å². The normalized spacial score (nSPS) is 10.1. The summed E-state index contributed by atoms with van der Waals surface area (Å²) in [4.78, 5) is 10.3. The van der Waals surface area contributed by atoms with Gasteiger partial charge in [0.1, 0.15) is 0 Å². The Bertz CT molecular complexity index is 300. The van der Waals surface area contributed by atoms with Crippen molar-refractivity contribution in [1.29, 1.82) is 0 Å². The molecular weight excluding hydrogens is 204 g/mol. The van der Waals surface area contributed by atoms with Gasteiger partial charge >= 0.3 is 6.03 Å². The monoisotopic (exact) mass is 216 g/mol. The standard InChI is InChI=1S/C6H12N6OS/c7-5(13)8-3-1-2-4-12-6(14)9-10-11-12/h1-4H2,(H3,7,8,13)(H,9,11,14). The number of urea groups is 1. The summed E-state index contributed by atoms with van der Waals surface area (Å²) < 4.78 is 1.59. The molecule has 0 saturated carbocycles. The fraction of sp³-hybridized carbons (Fsp3) is 0.667. The summed E-state index contributed by atoms with van der Waals surface area (Å²) in [6.45, 7) is 1.26. The second kappa shape index (κ2) is 5.43. The minimum absolute atomic E-state index is 0.493. The van der Waals surface area contributed by atoms with Gasteiger partial charge in [0.25, 0.3) is 0 Å². The van der Waals surface area contributed by atoms with Gasteiger partial charge in [-0.05, 0) is 23.3 Å². The maximum Gasteiger partial charge on any atom is 0.312 e. The van der Waals surface area contributed by atoms with Crippen molar-refractivity contribution in [3.05, 3.63) is 0 Å². The van der Waals surface area contributed by atoms with Crippen molar-refractivity contribution in [3.63, 3.8) is 0 Å². The van der Waals surface area contributed by atoms with E-state index in [2.05, 4.69) is 33.5 Å². The zero-order valence-electron chi connectivity index (χ0n) is 7.55. The highest BCUT2D eigenvalue weighted by Gasteiger charge is 1.99. The molecule has 0 saturated heterocycles. The number of nitrogens with two attached hydrogens (primary N) is 1. The topological polar surface area (TPSA) is 98.7 Å². The van der Waals surface area contributed by atoms with Crippen molar-refractivity contribution < 1.29 is 4.79 Å². The number of hydrogen-bond donors (Lipinski definition) is 3. The highest BCUT2D eigenvalue weighted by molar-refractivity contribution is 7.80. The number of unbranched alkanes of at least 4 members (excludes halogenated alkanes) is 1. The number of nitrogens with one attached hydrogen (secondary N) is 1. The summed E-state index contributed by atoms with van der Waals surface area (Å²) >= 11 is 4.04. The molecule has 14 heavy (non-hydrogen) atoms. The minimum Gasteiger partial charge on any atom is -0.352 e. The Hall–Kier alpha value is -1.31. The van der Waals surface area contributed by atoms with Gasteiger partial charge in [-0.1, -0.05) is 0 Å². The highest BCUT2D eigenvalue weighted by Crippen LogP contribution is 1.99. The van der Waals surface area contributed by atoms with E-state index >= 15 is 0 Å². The molecule has 0 aliphatic rings. The van der Waals surface area contributed by atoms with Gasteiger partial charge in [-0.15, -0.1) is 17.7 Å². The number of nitrogens with zero attached hydrogens (tertiary/aromatic N) is 4. The summed E-state index contributed by atoms with van der Waals surface area (Å²) in [7, 11) is 0. The molecule has 1 aromatic heterocycles. The van der Waals surface area contributed by atoms with E-state index in [9.17, 15) is 4.79 Å². The number of aromatic nitrogens is 4. The largest absolute Gasteiger partial charge is 0.352 e. The average Bonchev–Trinajstić information content (AvgIpc) is 2.51. The zero-order chi connectivity index (χ0) is 10.4. The Morgan fingerprint density at radius 1 is 1.57 bits per heavy atom. The van der Waals surface area contributed by atoms with Crippen molar-refractivity contribution in [2.45, 2.75) is 24.5 Å². The Morgan fingerprint density at radius 3 is 2.93 bits per heavy atom. The summed E-state index contributed by atoms with van der Waals surface area (Å²) in [6.07, 6.45) is 1.69. The average molecular weight is 216 g/mol. The summed E-state index contributed by atoms with van der Waals surface area (Å²) in [6, 6.07) is -0.498. The van der Waals surface area contributed by atoms with Crippen LogP contribution in [0.4, 0.5) is 4.79 Å². The van der Waals surface area contributed by atoms with Crippen LogP contribution in [0.3, 0.4) is 0 Å². The third-order valence-electron chi connectivity index (χ3n) is 1.61. The van der Waals surface area contributed by atoms with Crippen molar-refractivity contribution in [1.82, 2.24) is 25.5 Å². The number of primary amides is 1. The smallest absolute Gasteiger partial charge is 0.312 e. The highest BCUT2D eigenvalue weighted by atomic mass is 32.1. The number of thiol groups is 1. The number of amides is 2. The molecule has 0 aliphatic heterocycles. The van der Waals surface area contributed by atoms with E-state index in [0.29, 0.717) is 18.2 Å². The van der Waals surface area contributed by atoms with Gasteiger partial charge in [-0.3, -0.25) is 0 Å². The molecule has 0 bridgehead atoms. The lowest BCUT2D eigenvalue weighted by Crippen LogP contribution is -2.30. The Labute approximate surface area is 86.4 Å². The van der Waals surface area contributed by atoms with Crippen LogP contribution in [0.2, 0.25) is 0 Å². The number of hydrogen-bond acceptors (Lipinski definition) is 5. The van der Waals surface area contributed by atoms with Crippen LogP contribution in [0.25, 0.3) is 0 Å². The van der Waals surface area contributed by atoms with Crippen LogP contribution in [0, 0.1) is 0 Å². The van der Waals surface area contributed by atoms with Crippen LogP contribution >= 0.6 is 12.6 Å². The third kappa shape index (κ3) is 3.60. The van der Waals surface area contributed by atoms with Gasteiger partial charge in [-0.2, -0.15) is 0 Å². The SMILES string of the molecule is NC(=O)NCCCCn1nnnc1S. The summed E-state index contributed by atoms with van der Waals surface area (Å²) in [5, 5.41) is 13.8. The van der Waals surface area contributed by atoms with E-state index in [1.165, 1.54) is 0 Å². The molecule has 0 spiro atoms. The molecular formula is C6H12N6OS. The second-order valence-electron chi connectivity index (χ2n) is 2.70. The number of tetrazole rings is 1. The van der Waals surface area contributed by atoms with Crippen LogP contribution in [0.1, 0.15) is 12.8 Å². The van der Waals surface area contributed by atoms with E-state index in [1.807, 2.05) is 0 Å². The molecule has 1 heterocycles. The molecule has 0 aliphatic carbocycles. The molecule has 0 radical (unpaired) electrons. The van der Waals surface area contributed by atoms with E-state index in [4.69, 9.17) is 5.73 Å². The van der Waals surface area contributed by atoms with E-state index < -0.39 is 6.03 Å². The molecule has 7 nitrogen and oxygen atoms in total. The maximum atomic E-state index is 10.3. The van der Waals surface area contributed by atoms with Gasteiger partial charge in [0, 0.05) is 13.1 Å². The first kappa shape index (κ1) is 10.8. The number of rotatable bonds is 5. The predicted molar refractivity (Wildman–Crippen MR) is 51.9 cm³/mol. The minimum atomic E-state index is -0.498. The third-order valence-corrected chi connectivity index (χ3v) is 1.93. The molecule has 1 aromatic rings. The number of carbonyl (C=O) groups excluding carboxylic acids is 1. The first-order valence-corrected chi connectivity index (χ1v) is 4.63. The Morgan fingerprint density at radius 2 is 2.36 bits per heavy atom. The van der Waals surface area contributed by atoms with E-state index in [0.717, 1.165) is 12.8 Å². The first-order valence-electron chi connectivity index (χ1n) is 4.18. The van der Waals surface area contributed by atoms with Gasteiger partial charge in [0.2, 0.25) is 5.16 Å². The van der Waals surface area contributed by atoms with Crippen molar-refractivity contribution in [3.8, 4) is 0 Å². The quantitative estimate of drug-likeness (QED) is 0.452. The Kier molecular flexibility index (Phi) is 4.17. The molecule has 2 amide bonds. The molecule has 3 N–H and O–H groups in total. The van der Waals surface area contributed by atoms with Crippen LogP contribution in [0.5, 0.6) is 0 Å². The maximum absolute atomic E-state index is 10.3. The van der Waals surface area contributed by atoms with Crippen LogP contribution in [-0.4, -0.2) is 32.8 Å². The van der Waals surface area contributed by atoms with Crippen molar-refractivity contribution in [2.75, 3.05) is 6.54 Å². The Balaban J connectivity index is 2.10. The molecule has 0 fully saturated rings. The molecule has 8 heteroatoms. The van der Waals surface area contributed by atoms with Gasteiger partial charge in [-0.25, -0.2) is 9.48 Å². The van der Waals surface area contributed by atoms with Crippen LogP contribution in [-0.2, 0) is 6.54 Å². The van der Waals surface area contributed by atoms with Crippen LogP contribution in [0.15, 0.2) is 5.16 Å². The summed E-state index contributed by atoms with van der Waals surface area (Å²) in [5.41, 5.74) is 4.89. The molecule has 0 atom stereocenters. The lowest BCUT2D eigenvalue weighted by atomic mass is 10.3. The first-order chi connectivity index (χ1) is 6.70. The fourth-order valence-corrected chi connectivity index (χ4v) is 1.12. The molecule has 78 valence electrons. The van der Waals surface area contributed by atoms with Gasteiger partial charge in [0.05, 0.1) is 0 Å². The van der Waals surface area contributed by atoms with Crippen molar-refractivity contribution >= 4 is 18.7 Å². The zero-order valence-corrected chi connectivity index (χ0v) is 8.44. The number of carbonyl (C=O) groups is 1. The van der Waals surface area contributed by atoms with E-state index in [-0.39, 0.29) is 0 Å². The van der Waals surface area contributed by atoms with Gasteiger partial charge < -0.3 is 11.1 Å². The molecule has 0 unspecified atom stereocenters. The summed E-state index contributed by atoms with van der Waals surface area (Å²) in [5.74, 6) is 0. The predicted octanol–water partition coefficient (Wildman–Crippen LogP) is -0.590. The fourth-order valence-electron chi connectivity index (χ4n) is 0.943. The second-order valence-corrected chi connectivity index (χ2v) is 3.10. The number of aryl methyl sites for hydroxylation is 1. The lowest BCUT2D eigenvalue weighted by molar-refractivity contribution is 0.248. The van der Waals surface area contributed by atoms with Gasteiger partial charge in [0.15, 0.2) is 0 Å².